The van der Waals surface area contributed by atoms with Crippen molar-refractivity contribution >= 4 is 18.2 Å². The molecule has 0 N–H and O–H groups in total. The van der Waals surface area contributed by atoms with Crippen molar-refractivity contribution in [2.24, 2.45) is 0 Å². The Morgan fingerprint density at radius 3 is 1.43 bits per heavy atom. The SMILES string of the molecule is C=O.O=[N+]([O-])c1ccccc1[N+](=O)[O-]. The zero-order chi connectivity index (χ0) is 11.1. The summed E-state index contributed by atoms with van der Waals surface area (Å²) in [6.45, 7) is 2.00. The molecule has 7 heteroatoms. The van der Waals surface area contributed by atoms with Crippen LogP contribution >= 0.6 is 0 Å². The predicted molar refractivity (Wildman–Crippen MR) is 46.9 cm³/mol. The third-order valence-electron chi connectivity index (χ3n) is 1.28. The monoisotopic (exact) mass is 198 g/mol. The van der Waals surface area contributed by atoms with Gasteiger partial charge in [0.25, 0.3) is 0 Å². The minimum Gasteiger partial charge on any atom is -0.307 e. The zero-order valence-electron chi connectivity index (χ0n) is 6.95. The number of carbonyl (C=O) groups excluding carboxylic acids is 1. The van der Waals surface area contributed by atoms with Crippen molar-refractivity contribution in [3.63, 3.8) is 0 Å². The number of nitro benzene ring substituents is 2. The van der Waals surface area contributed by atoms with E-state index < -0.39 is 21.2 Å². The summed E-state index contributed by atoms with van der Waals surface area (Å²) in [5.74, 6) is 0. The van der Waals surface area contributed by atoms with Gasteiger partial charge in [-0.15, -0.1) is 0 Å². The van der Waals surface area contributed by atoms with Crippen molar-refractivity contribution in [1.29, 1.82) is 0 Å². The molecule has 0 aliphatic heterocycles. The third kappa shape index (κ3) is 2.63. The fraction of sp³-hybridized carbons (Fsp3) is 0. The maximum absolute atomic E-state index is 10.2. The van der Waals surface area contributed by atoms with Crippen LogP contribution in [0.1, 0.15) is 0 Å². The average molecular weight is 198 g/mol. The Bertz CT molecular complexity index is 319. The van der Waals surface area contributed by atoms with E-state index in [-0.39, 0.29) is 0 Å². The lowest BCUT2D eigenvalue weighted by atomic mass is 10.3. The van der Waals surface area contributed by atoms with Crippen LogP contribution in [0, 0.1) is 20.2 Å². The van der Waals surface area contributed by atoms with Crippen LogP contribution in [0.2, 0.25) is 0 Å². The first kappa shape index (κ1) is 11.7. The summed E-state index contributed by atoms with van der Waals surface area (Å²) in [5, 5.41) is 20.5. The van der Waals surface area contributed by atoms with Gasteiger partial charge >= 0.3 is 11.4 Å². The summed E-state index contributed by atoms with van der Waals surface area (Å²) in [6, 6.07) is 4.95. The summed E-state index contributed by atoms with van der Waals surface area (Å²) in [7, 11) is 0. The highest BCUT2D eigenvalue weighted by atomic mass is 16.6. The molecule has 0 radical (unpaired) electrons. The molecule has 0 saturated heterocycles. The number of carbonyl (C=O) groups is 1. The van der Waals surface area contributed by atoms with E-state index in [1.807, 2.05) is 6.79 Å². The van der Waals surface area contributed by atoms with Crippen LogP contribution < -0.4 is 0 Å². The Morgan fingerprint density at radius 2 is 1.21 bits per heavy atom. The molecule has 1 rings (SSSR count). The molecule has 74 valence electrons. The Morgan fingerprint density at radius 1 is 0.929 bits per heavy atom. The number of rotatable bonds is 2. The van der Waals surface area contributed by atoms with Crippen LogP contribution in [0.4, 0.5) is 11.4 Å². The third-order valence-corrected chi connectivity index (χ3v) is 1.28. The van der Waals surface area contributed by atoms with Crippen molar-refractivity contribution in [2.75, 3.05) is 0 Å². The van der Waals surface area contributed by atoms with Gasteiger partial charge in [0.1, 0.15) is 6.79 Å². The Balaban J connectivity index is 0.000000791. The zero-order valence-corrected chi connectivity index (χ0v) is 6.95. The number of hydrogen-bond acceptors (Lipinski definition) is 5. The van der Waals surface area contributed by atoms with Gasteiger partial charge in [-0.3, -0.25) is 20.2 Å². The second-order valence-electron chi connectivity index (χ2n) is 2.00. The van der Waals surface area contributed by atoms with Gasteiger partial charge in [-0.05, 0) is 0 Å². The van der Waals surface area contributed by atoms with Gasteiger partial charge in [0.2, 0.25) is 0 Å². The number of para-hydroxylation sites is 2. The summed E-state index contributed by atoms with van der Waals surface area (Å²) in [4.78, 5) is 26.9. The van der Waals surface area contributed by atoms with Crippen LogP contribution in [0.5, 0.6) is 0 Å². The first-order valence-corrected chi connectivity index (χ1v) is 3.29. The van der Waals surface area contributed by atoms with E-state index in [9.17, 15) is 20.2 Å². The van der Waals surface area contributed by atoms with Crippen molar-refractivity contribution in [3.8, 4) is 0 Å². The molecule has 0 fully saturated rings. The molecule has 0 aliphatic rings. The second kappa shape index (κ2) is 5.36. The number of hydrogen-bond donors (Lipinski definition) is 0. The van der Waals surface area contributed by atoms with Crippen LogP contribution in [-0.4, -0.2) is 16.6 Å². The molecule has 14 heavy (non-hydrogen) atoms. The first-order valence-electron chi connectivity index (χ1n) is 3.29. The maximum atomic E-state index is 10.2. The number of nitrogens with zero attached hydrogens (tertiary/aromatic N) is 2. The van der Waals surface area contributed by atoms with Crippen LogP contribution in [0.15, 0.2) is 24.3 Å². The summed E-state index contributed by atoms with van der Waals surface area (Å²) < 4.78 is 0. The normalized spacial score (nSPS) is 8.29. The highest BCUT2D eigenvalue weighted by Crippen LogP contribution is 2.24. The quantitative estimate of drug-likeness (QED) is 0.526. The van der Waals surface area contributed by atoms with Gasteiger partial charge in [-0.2, -0.15) is 0 Å². The highest BCUT2D eigenvalue weighted by Gasteiger charge is 2.21. The molecule has 0 saturated carbocycles. The van der Waals surface area contributed by atoms with Gasteiger partial charge in [-0.1, -0.05) is 12.1 Å². The largest absolute Gasteiger partial charge is 0.346 e. The van der Waals surface area contributed by atoms with E-state index in [0.717, 1.165) is 12.1 Å². The molecular weight excluding hydrogens is 192 g/mol. The van der Waals surface area contributed by atoms with Crippen LogP contribution in [0.3, 0.4) is 0 Å². The minimum absolute atomic E-state index is 0.484. The molecule has 0 unspecified atom stereocenters. The molecule has 0 heterocycles. The minimum atomic E-state index is -0.780. The molecule has 0 amide bonds. The lowest BCUT2D eigenvalue weighted by Crippen LogP contribution is -1.95. The average Bonchev–Trinajstić information content (AvgIpc) is 2.20. The van der Waals surface area contributed by atoms with E-state index in [1.54, 1.807) is 0 Å². The van der Waals surface area contributed by atoms with Crippen molar-refractivity contribution in [3.05, 3.63) is 44.5 Å². The second-order valence-corrected chi connectivity index (χ2v) is 2.00. The van der Waals surface area contributed by atoms with Gasteiger partial charge in [0.05, 0.1) is 9.85 Å². The van der Waals surface area contributed by atoms with Crippen molar-refractivity contribution < 1.29 is 14.6 Å². The molecule has 0 aromatic heterocycles. The number of nitro groups is 2. The fourth-order valence-corrected chi connectivity index (χ4v) is 0.773. The van der Waals surface area contributed by atoms with Crippen molar-refractivity contribution in [1.82, 2.24) is 0 Å². The van der Waals surface area contributed by atoms with Gasteiger partial charge in [0.15, 0.2) is 0 Å². The van der Waals surface area contributed by atoms with Crippen LogP contribution in [0.25, 0.3) is 0 Å². The van der Waals surface area contributed by atoms with E-state index in [1.165, 1.54) is 12.1 Å². The molecule has 0 aliphatic carbocycles. The Hall–Kier alpha value is -2.31. The molecule has 1 aromatic rings. The van der Waals surface area contributed by atoms with E-state index in [4.69, 9.17) is 4.79 Å². The summed E-state index contributed by atoms with van der Waals surface area (Å²) >= 11 is 0. The van der Waals surface area contributed by atoms with E-state index in [0.29, 0.717) is 0 Å². The predicted octanol–water partition coefficient (Wildman–Crippen LogP) is 1.32. The molecule has 0 bridgehead atoms. The fourth-order valence-electron chi connectivity index (χ4n) is 0.773. The van der Waals surface area contributed by atoms with Gasteiger partial charge in [-0.25, -0.2) is 0 Å². The van der Waals surface area contributed by atoms with E-state index in [2.05, 4.69) is 0 Å². The number of benzene rings is 1. The summed E-state index contributed by atoms with van der Waals surface area (Å²) in [5.41, 5.74) is -0.968. The van der Waals surface area contributed by atoms with Gasteiger partial charge in [0, 0.05) is 12.1 Å². The highest BCUT2D eigenvalue weighted by molar-refractivity contribution is 5.51. The lowest BCUT2D eigenvalue weighted by Gasteiger charge is -1.91. The van der Waals surface area contributed by atoms with Crippen molar-refractivity contribution in [2.45, 2.75) is 0 Å². The summed E-state index contributed by atoms with van der Waals surface area (Å²) in [6.07, 6.45) is 0. The molecule has 0 atom stereocenters. The smallest absolute Gasteiger partial charge is 0.307 e. The molecule has 1 aromatic carbocycles. The molecular formula is C7H6N2O5. The van der Waals surface area contributed by atoms with Crippen LogP contribution in [-0.2, 0) is 4.79 Å². The Kier molecular flexibility index (Phi) is 4.47. The first-order chi connectivity index (χ1) is 6.63. The standard InChI is InChI=1S/C6H4N2O4.CH2O/c9-7(10)5-3-1-2-4-6(5)8(11)12;1-2/h1-4H;1H2. The molecule has 7 nitrogen and oxygen atoms in total. The Labute approximate surface area is 78.3 Å². The maximum Gasteiger partial charge on any atom is 0.346 e. The lowest BCUT2D eigenvalue weighted by molar-refractivity contribution is -0.422. The molecule has 0 spiro atoms. The van der Waals surface area contributed by atoms with E-state index >= 15 is 0 Å². The van der Waals surface area contributed by atoms with Gasteiger partial charge < -0.3 is 4.79 Å². The topological polar surface area (TPSA) is 103 Å².